The van der Waals surface area contributed by atoms with Crippen molar-refractivity contribution in [1.82, 2.24) is 9.97 Å². The predicted octanol–water partition coefficient (Wildman–Crippen LogP) is 6.00. The Morgan fingerprint density at radius 1 is 0.920 bits per heavy atom. The molecule has 0 radical (unpaired) electrons. The fourth-order valence-corrected chi connectivity index (χ4v) is 2.77. The lowest BCUT2D eigenvalue weighted by Gasteiger charge is -2.05. The Labute approximate surface area is 152 Å². The number of ether oxygens (including phenoxy) is 1. The summed E-state index contributed by atoms with van der Waals surface area (Å²) in [5.74, 6) is 1.60. The Morgan fingerprint density at radius 2 is 1.56 bits per heavy atom. The first-order valence-corrected chi connectivity index (χ1v) is 9.48. The van der Waals surface area contributed by atoms with Crippen molar-refractivity contribution in [2.24, 2.45) is 0 Å². The quantitative estimate of drug-likeness (QED) is 0.351. The molecule has 25 heavy (non-hydrogen) atoms. The lowest BCUT2D eigenvalue weighted by atomic mass is 10.1. The minimum Gasteiger partial charge on any atom is -0.490 e. The Hall–Kier alpha value is -2.16. The highest BCUT2D eigenvalue weighted by Crippen LogP contribution is 2.19. The monoisotopic (exact) mass is 338 g/mol. The third-order valence-electron chi connectivity index (χ3n) is 4.25. The predicted molar refractivity (Wildman–Crippen MR) is 105 cm³/mol. The zero-order valence-corrected chi connectivity index (χ0v) is 15.4. The van der Waals surface area contributed by atoms with Crippen molar-refractivity contribution in [1.29, 1.82) is 0 Å². The summed E-state index contributed by atoms with van der Waals surface area (Å²) in [6.07, 6.45) is 16.0. The SMILES string of the molecule is C=CCOc1ccc(-c2ncc(CCCCCCCCC)cn2)cc1. The van der Waals surface area contributed by atoms with Crippen LogP contribution in [0.4, 0.5) is 0 Å². The van der Waals surface area contributed by atoms with Crippen LogP contribution in [0, 0.1) is 0 Å². The van der Waals surface area contributed by atoms with Crippen molar-refractivity contribution < 1.29 is 4.74 Å². The number of benzene rings is 1. The molecule has 0 unspecified atom stereocenters. The van der Waals surface area contributed by atoms with Crippen LogP contribution in [-0.2, 0) is 6.42 Å². The Balaban J connectivity index is 1.76. The van der Waals surface area contributed by atoms with Gasteiger partial charge in [0.15, 0.2) is 5.82 Å². The van der Waals surface area contributed by atoms with Gasteiger partial charge in [-0.1, -0.05) is 58.1 Å². The van der Waals surface area contributed by atoms with Crippen molar-refractivity contribution in [2.75, 3.05) is 6.61 Å². The van der Waals surface area contributed by atoms with Gasteiger partial charge in [0.1, 0.15) is 12.4 Å². The highest BCUT2D eigenvalue weighted by Gasteiger charge is 2.02. The minimum absolute atomic E-state index is 0.517. The van der Waals surface area contributed by atoms with Crippen LogP contribution in [0.25, 0.3) is 11.4 Å². The van der Waals surface area contributed by atoms with Crippen LogP contribution < -0.4 is 4.74 Å². The minimum atomic E-state index is 0.517. The summed E-state index contributed by atoms with van der Waals surface area (Å²) in [6.45, 7) is 6.42. The highest BCUT2D eigenvalue weighted by atomic mass is 16.5. The molecule has 2 rings (SSSR count). The molecule has 1 aromatic carbocycles. The largest absolute Gasteiger partial charge is 0.490 e. The lowest BCUT2D eigenvalue weighted by Crippen LogP contribution is -1.95. The molecule has 134 valence electrons. The van der Waals surface area contributed by atoms with Gasteiger partial charge in [0.25, 0.3) is 0 Å². The average molecular weight is 338 g/mol. The first kappa shape index (κ1) is 19.2. The normalized spacial score (nSPS) is 10.6. The highest BCUT2D eigenvalue weighted by molar-refractivity contribution is 5.55. The molecular formula is C22H30N2O. The Kier molecular flexibility index (Phi) is 8.74. The van der Waals surface area contributed by atoms with E-state index in [-0.39, 0.29) is 0 Å². The third kappa shape index (κ3) is 7.08. The van der Waals surface area contributed by atoms with Crippen molar-refractivity contribution in [3.05, 3.63) is 54.9 Å². The zero-order chi connectivity index (χ0) is 17.7. The average Bonchev–Trinajstić information content (AvgIpc) is 2.66. The molecule has 2 aromatic rings. The standard InChI is InChI=1S/C22H30N2O/c1-3-5-6-7-8-9-10-11-19-17-23-22(24-18-19)20-12-14-21(15-13-20)25-16-4-2/h4,12-15,17-18H,2-3,5-11,16H2,1H3. The molecule has 0 aliphatic carbocycles. The van der Waals surface area contributed by atoms with Crippen molar-refractivity contribution in [3.63, 3.8) is 0 Å². The summed E-state index contributed by atoms with van der Waals surface area (Å²) < 4.78 is 5.49. The van der Waals surface area contributed by atoms with E-state index in [2.05, 4.69) is 23.5 Å². The van der Waals surface area contributed by atoms with Crippen LogP contribution in [0.3, 0.4) is 0 Å². The molecule has 0 amide bonds. The molecule has 1 aromatic heterocycles. The fraction of sp³-hybridized carbons (Fsp3) is 0.455. The van der Waals surface area contributed by atoms with Gasteiger partial charge in [-0.2, -0.15) is 0 Å². The van der Waals surface area contributed by atoms with Gasteiger partial charge >= 0.3 is 0 Å². The van der Waals surface area contributed by atoms with Crippen LogP contribution >= 0.6 is 0 Å². The van der Waals surface area contributed by atoms with E-state index in [0.29, 0.717) is 6.61 Å². The second-order valence-electron chi connectivity index (χ2n) is 6.41. The van der Waals surface area contributed by atoms with Gasteiger partial charge in [-0.3, -0.25) is 0 Å². The van der Waals surface area contributed by atoms with Crippen molar-refractivity contribution in [3.8, 4) is 17.1 Å². The number of rotatable bonds is 12. The zero-order valence-electron chi connectivity index (χ0n) is 15.4. The third-order valence-corrected chi connectivity index (χ3v) is 4.25. The molecule has 1 heterocycles. The lowest BCUT2D eigenvalue weighted by molar-refractivity contribution is 0.363. The molecule has 0 bridgehead atoms. The van der Waals surface area contributed by atoms with Gasteiger partial charge in [0.2, 0.25) is 0 Å². The molecule has 0 spiro atoms. The van der Waals surface area contributed by atoms with E-state index in [1.807, 2.05) is 36.7 Å². The molecule has 0 atom stereocenters. The van der Waals surface area contributed by atoms with E-state index in [1.165, 1.54) is 50.5 Å². The maximum Gasteiger partial charge on any atom is 0.159 e. The molecule has 0 aliphatic heterocycles. The summed E-state index contributed by atoms with van der Waals surface area (Å²) in [5.41, 5.74) is 2.23. The molecule has 3 nitrogen and oxygen atoms in total. The number of aryl methyl sites for hydroxylation is 1. The summed E-state index contributed by atoms with van der Waals surface area (Å²) in [5, 5.41) is 0. The van der Waals surface area contributed by atoms with Crippen LogP contribution in [0.1, 0.15) is 57.4 Å². The molecule has 3 heteroatoms. The van der Waals surface area contributed by atoms with Gasteiger partial charge < -0.3 is 4.74 Å². The van der Waals surface area contributed by atoms with Crippen LogP contribution in [0.5, 0.6) is 5.75 Å². The van der Waals surface area contributed by atoms with Gasteiger partial charge in [-0.25, -0.2) is 9.97 Å². The van der Waals surface area contributed by atoms with Crippen LogP contribution in [0.2, 0.25) is 0 Å². The van der Waals surface area contributed by atoms with E-state index in [9.17, 15) is 0 Å². The number of unbranched alkanes of at least 4 members (excludes halogenated alkanes) is 6. The van der Waals surface area contributed by atoms with Crippen molar-refractivity contribution in [2.45, 2.75) is 58.3 Å². The summed E-state index contributed by atoms with van der Waals surface area (Å²) >= 11 is 0. The van der Waals surface area contributed by atoms with Crippen LogP contribution in [0.15, 0.2) is 49.3 Å². The van der Waals surface area contributed by atoms with Gasteiger partial charge in [0.05, 0.1) is 0 Å². The summed E-state index contributed by atoms with van der Waals surface area (Å²) in [7, 11) is 0. The van der Waals surface area contributed by atoms with Gasteiger partial charge in [-0.05, 0) is 42.7 Å². The second kappa shape index (κ2) is 11.4. The molecular weight excluding hydrogens is 308 g/mol. The van der Waals surface area contributed by atoms with E-state index in [4.69, 9.17) is 4.74 Å². The number of nitrogens with zero attached hydrogens (tertiary/aromatic N) is 2. The summed E-state index contributed by atoms with van der Waals surface area (Å²) in [6, 6.07) is 7.86. The first-order valence-electron chi connectivity index (χ1n) is 9.48. The van der Waals surface area contributed by atoms with E-state index in [0.717, 1.165) is 23.6 Å². The number of aromatic nitrogens is 2. The van der Waals surface area contributed by atoms with E-state index in [1.54, 1.807) is 6.08 Å². The van der Waals surface area contributed by atoms with E-state index >= 15 is 0 Å². The molecule has 0 aliphatic rings. The Morgan fingerprint density at radius 3 is 2.20 bits per heavy atom. The maximum atomic E-state index is 5.49. The fourth-order valence-electron chi connectivity index (χ4n) is 2.77. The summed E-state index contributed by atoms with van der Waals surface area (Å²) in [4.78, 5) is 9.02. The maximum absolute atomic E-state index is 5.49. The van der Waals surface area contributed by atoms with E-state index < -0.39 is 0 Å². The Bertz CT molecular complexity index is 605. The van der Waals surface area contributed by atoms with Crippen molar-refractivity contribution >= 4 is 0 Å². The van der Waals surface area contributed by atoms with Crippen LogP contribution in [-0.4, -0.2) is 16.6 Å². The smallest absolute Gasteiger partial charge is 0.159 e. The van der Waals surface area contributed by atoms with Gasteiger partial charge in [0, 0.05) is 18.0 Å². The molecule has 0 N–H and O–H groups in total. The molecule has 0 saturated carbocycles. The second-order valence-corrected chi connectivity index (χ2v) is 6.41. The molecule has 0 saturated heterocycles. The topological polar surface area (TPSA) is 35.0 Å². The number of hydrogen-bond acceptors (Lipinski definition) is 3. The molecule has 0 fully saturated rings. The first-order chi connectivity index (χ1) is 12.3. The van der Waals surface area contributed by atoms with Gasteiger partial charge in [-0.15, -0.1) is 0 Å². The number of hydrogen-bond donors (Lipinski definition) is 0.